The molecule has 0 radical (unpaired) electrons. The number of halogens is 1. The van der Waals surface area contributed by atoms with Crippen molar-refractivity contribution in [3.05, 3.63) is 48.3 Å². The molecule has 8 heteroatoms. The number of piperidine rings is 1. The van der Waals surface area contributed by atoms with Gasteiger partial charge in [-0.2, -0.15) is 5.10 Å². The van der Waals surface area contributed by atoms with Crippen LogP contribution in [0.2, 0.25) is 0 Å². The van der Waals surface area contributed by atoms with Gasteiger partial charge in [-0.1, -0.05) is 18.2 Å². The molecule has 0 saturated carbocycles. The van der Waals surface area contributed by atoms with Crippen LogP contribution in [-0.2, 0) is 17.9 Å². The summed E-state index contributed by atoms with van der Waals surface area (Å²) in [7, 11) is 4.02. The Kier molecular flexibility index (Phi) is 7.71. The molecule has 0 spiro atoms. The van der Waals surface area contributed by atoms with Crippen LogP contribution in [0.15, 0.2) is 36.9 Å². The van der Waals surface area contributed by atoms with E-state index in [4.69, 9.17) is 0 Å². The van der Waals surface area contributed by atoms with Crippen LogP contribution in [0.5, 0.6) is 0 Å². The number of rotatable bonds is 9. The molecule has 1 amide bonds. The number of likely N-dealkylation sites (N-methyl/N-ethyl adjacent to an activating group) is 1. The number of benzene rings is 1. The zero-order valence-electron chi connectivity index (χ0n) is 17.4. The van der Waals surface area contributed by atoms with Gasteiger partial charge in [-0.05, 0) is 45.5 Å². The Bertz CT molecular complexity index is 766. The van der Waals surface area contributed by atoms with E-state index in [9.17, 15) is 9.18 Å². The molecule has 1 aliphatic heterocycles. The van der Waals surface area contributed by atoms with Gasteiger partial charge in [-0.15, -0.1) is 0 Å². The molecule has 1 saturated heterocycles. The van der Waals surface area contributed by atoms with Gasteiger partial charge in [-0.3, -0.25) is 9.69 Å². The van der Waals surface area contributed by atoms with Crippen molar-refractivity contribution in [2.24, 2.45) is 5.92 Å². The largest absolute Gasteiger partial charge is 0.339 e. The number of likely N-dealkylation sites (tertiary alicyclic amines) is 1. The summed E-state index contributed by atoms with van der Waals surface area (Å²) in [5, 5.41) is 4.05. The number of carbonyl (C=O) groups excluding carboxylic acids is 1. The van der Waals surface area contributed by atoms with E-state index in [0.29, 0.717) is 19.0 Å². The minimum atomic E-state index is -0.148. The topological polar surface area (TPSA) is 57.5 Å². The van der Waals surface area contributed by atoms with Crippen molar-refractivity contribution in [2.45, 2.75) is 25.9 Å². The summed E-state index contributed by atoms with van der Waals surface area (Å²) in [6.45, 7) is 4.89. The van der Waals surface area contributed by atoms with Crippen molar-refractivity contribution in [1.82, 2.24) is 29.5 Å². The highest BCUT2D eigenvalue weighted by Crippen LogP contribution is 2.21. The molecule has 0 aliphatic carbocycles. The number of carbonyl (C=O) groups is 1. The molecule has 29 heavy (non-hydrogen) atoms. The van der Waals surface area contributed by atoms with E-state index in [1.165, 1.54) is 12.4 Å². The van der Waals surface area contributed by atoms with E-state index in [1.807, 2.05) is 31.1 Å². The van der Waals surface area contributed by atoms with Gasteiger partial charge < -0.3 is 9.80 Å². The Balaban J connectivity index is 1.59. The molecule has 0 unspecified atom stereocenters. The molecule has 7 nitrogen and oxygen atoms in total. The van der Waals surface area contributed by atoms with Crippen LogP contribution in [0, 0.1) is 11.7 Å². The second kappa shape index (κ2) is 10.5. The molecular weight excluding hydrogens is 371 g/mol. The van der Waals surface area contributed by atoms with E-state index in [-0.39, 0.29) is 18.3 Å². The minimum Gasteiger partial charge on any atom is -0.339 e. The average Bonchev–Trinajstić information content (AvgIpc) is 3.20. The molecule has 2 heterocycles. The summed E-state index contributed by atoms with van der Waals surface area (Å²) in [4.78, 5) is 23.1. The van der Waals surface area contributed by atoms with Crippen LogP contribution in [0.4, 0.5) is 4.39 Å². The third kappa shape index (κ3) is 6.61. The van der Waals surface area contributed by atoms with Gasteiger partial charge >= 0.3 is 0 Å². The van der Waals surface area contributed by atoms with Crippen molar-refractivity contribution in [1.29, 1.82) is 0 Å². The molecule has 2 aromatic rings. The van der Waals surface area contributed by atoms with Crippen LogP contribution in [0.3, 0.4) is 0 Å². The van der Waals surface area contributed by atoms with E-state index in [0.717, 1.165) is 44.6 Å². The van der Waals surface area contributed by atoms with Gasteiger partial charge in [0.15, 0.2) is 0 Å². The highest BCUT2D eigenvalue weighted by molar-refractivity contribution is 5.75. The molecule has 1 aliphatic rings. The lowest BCUT2D eigenvalue weighted by molar-refractivity contribution is -0.133. The maximum absolute atomic E-state index is 14.0. The Labute approximate surface area is 172 Å². The summed E-state index contributed by atoms with van der Waals surface area (Å²) in [6, 6.07) is 6.97. The molecule has 158 valence electrons. The van der Waals surface area contributed by atoms with Gasteiger partial charge in [0.1, 0.15) is 25.0 Å². The fraction of sp³-hybridized carbons (Fsp3) is 0.571. The molecule has 0 bridgehead atoms. The third-order valence-electron chi connectivity index (χ3n) is 5.37. The van der Waals surface area contributed by atoms with Gasteiger partial charge in [0, 0.05) is 38.3 Å². The molecule has 1 fully saturated rings. The Morgan fingerprint density at radius 1 is 1.28 bits per heavy atom. The standard InChI is InChI=1S/C21H31FN6O/c1-25(2)10-11-27(21(29)15-28-17-23-16-24-28)13-18-6-5-9-26(12-18)14-19-7-3-4-8-20(19)22/h3-4,7-8,16-18H,5-6,9-15H2,1-2H3/t18-/m0/s1. The fourth-order valence-corrected chi connectivity index (χ4v) is 3.81. The number of hydrogen-bond acceptors (Lipinski definition) is 5. The number of hydrogen-bond donors (Lipinski definition) is 0. The Morgan fingerprint density at radius 2 is 2.10 bits per heavy atom. The minimum absolute atomic E-state index is 0.0589. The van der Waals surface area contributed by atoms with Gasteiger partial charge in [-0.25, -0.2) is 14.1 Å². The quantitative estimate of drug-likeness (QED) is 0.639. The van der Waals surface area contributed by atoms with Crippen molar-refractivity contribution in [3.63, 3.8) is 0 Å². The number of amides is 1. The molecule has 1 atom stereocenters. The first-order chi connectivity index (χ1) is 14.0. The van der Waals surface area contributed by atoms with Crippen molar-refractivity contribution in [2.75, 3.05) is 46.8 Å². The normalized spacial score (nSPS) is 17.6. The Morgan fingerprint density at radius 3 is 2.83 bits per heavy atom. The highest BCUT2D eigenvalue weighted by Gasteiger charge is 2.25. The Hall–Kier alpha value is -2.32. The van der Waals surface area contributed by atoms with E-state index in [1.54, 1.807) is 17.1 Å². The summed E-state index contributed by atoms with van der Waals surface area (Å²) in [5.41, 5.74) is 0.736. The van der Waals surface area contributed by atoms with Crippen LogP contribution < -0.4 is 0 Å². The first kappa shape index (κ1) is 21.4. The predicted octanol–water partition coefficient (Wildman–Crippen LogP) is 1.72. The van der Waals surface area contributed by atoms with Crippen molar-refractivity contribution < 1.29 is 9.18 Å². The predicted molar refractivity (Wildman–Crippen MR) is 110 cm³/mol. The van der Waals surface area contributed by atoms with E-state index in [2.05, 4.69) is 19.9 Å². The van der Waals surface area contributed by atoms with Crippen LogP contribution in [-0.4, -0.2) is 82.2 Å². The van der Waals surface area contributed by atoms with E-state index < -0.39 is 0 Å². The summed E-state index contributed by atoms with van der Waals surface area (Å²) in [6.07, 6.45) is 5.17. The lowest BCUT2D eigenvalue weighted by atomic mass is 9.96. The molecular formula is C21H31FN6O. The smallest absolute Gasteiger partial charge is 0.244 e. The van der Waals surface area contributed by atoms with Gasteiger partial charge in [0.05, 0.1) is 0 Å². The second-order valence-corrected chi connectivity index (χ2v) is 8.07. The SMILES string of the molecule is CN(C)CCN(C[C@H]1CCCN(Cc2ccccc2F)C1)C(=O)Cn1cncn1. The van der Waals surface area contributed by atoms with E-state index >= 15 is 0 Å². The number of nitrogens with zero attached hydrogens (tertiary/aromatic N) is 6. The van der Waals surface area contributed by atoms with Crippen molar-refractivity contribution >= 4 is 5.91 Å². The van der Waals surface area contributed by atoms with Crippen LogP contribution in [0.1, 0.15) is 18.4 Å². The first-order valence-corrected chi connectivity index (χ1v) is 10.2. The van der Waals surface area contributed by atoms with Gasteiger partial charge in [0.2, 0.25) is 5.91 Å². The second-order valence-electron chi connectivity index (χ2n) is 8.07. The zero-order chi connectivity index (χ0) is 20.6. The van der Waals surface area contributed by atoms with Gasteiger partial charge in [0.25, 0.3) is 0 Å². The first-order valence-electron chi connectivity index (χ1n) is 10.2. The van der Waals surface area contributed by atoms with Crippen LogP contribution >= 0.6 is 0 Å². The average molecular weight is 403 g/mol. The summed E-state index contributed by atoms with van der Waals surface area (Å²) >= 11 is 0. The summed E-state index contributed by atoms with van der Waals surface area (Å²) < 4.78 is 15.6. The molecule has 0 N–H and O–H groups in total. The zero-order valence-corrected chi connectivity index (χ0v) is 17.4. The summed E-state index contributed by atoms with van der Waals surface area (Å²) in [5.74, 6) is 0.297. The van der Waals surface area contributed by atoms with Crippen molar-refractivity contribution in [3.8, 4) is 0 Å². The molecule has 1 aromatic heterocycles. The maximum Gasteiger partial charge on any atom is 0.244 e. The lowest BCUT2D eigenvalue weighted by Gasteiger charge is -2.36. The number of aromatic nitrogens is 3. The maximum atomic E-state index is 14.0. The lowest BCUT2D eigenvalue weighted by Crippen LogP contribution is -2.45. The fourth-order valence-electron chi connectivity index (χ4n) is 3.81. The van der Waals surface area contributed by atoms with Crippen LogP contribution in [0.25, 0.3) is 0 Å². The molecule has 3 rings (SSSR count). The molecule has 1 aromatic carbocycles. The monoisotopic (exact) mass is 402 g/mol. The third-order valence-corrected chi connectivity index (χ3v) is 5.37. The highest BCUT2D eigenvalue weighted by atomic mass is 19.1.